The Hall–Kier alpha value is -0.650. The zero-order chi connectivity index (χ0) is 17.9. The van der Waals surface area contributed by atoms with Crippen LogP contribution in [0.2, 0.25) is 0 Å². The fraction of sp³-hybridized carbons (Fsp3) is 0.938. The lowest BCUT2D eigenvalue weighted by molar-refractivity contribution is -0.122. The smallest absolute Gasteiger partial charge is 0.290 e. The Kier molecular flexibility index (Phi) is 77.9. The van der Waals surface area contributed by atoms with Crippen molar-refractivity contribution in [2.24, 2.45) is 0 Å². The van der Waals surface area contributed by atoms with E-state index in [0.29, 0.717) is 0 Å². The molecule has 0 spiro atoms. The van der Waals surface area contributed by atoms with Gasteiger partial charge >= 0.3 is 0 Å². The van der Waals surface area contributed by atoms with Gasteiger partial charge in [0, 0.05) is 12.7 Å². The number of hydrogen-bond acceptors (Lipinski definition) is 4. The van der Waals surface area contributed by atoms with Gasteiger partial charge in [-0.1, -0.05) is 53.4 Å². The maximum Gasteiger partial charge on any atom is 0.290 e. The Morgan fingerprint density at radius 3 is 1.19 bits per heavy atom. The zero-order valence-electron chi connectivity index (χ0n) is 15.4. The van der Waals surface area contributed by atoms with Crippen LogP contribution in [-0.2, 0) is 4.79 Å². The minimum Gasteiger partial charge on any atom is -0.483 e. The summed E-state index contributed by atoms with van der Waals surface area (Å²) in [6.07, 6.45) is 5.37. The molecule has 0 saturated heterocycles. The van der Waals surface area contributed by atoms with Gasteiger partial charge in [0.25, 0.3) is 6.47 Å². The second-order valence-electron chi connectivity index (χ2n) is 4.18. The molecule has 0 saturated carbocycles. The highest BCUT2D eigenvalue weighted by molar-refractivity contribution is 5.32. The van der Waals surface area contributed by atoms with Crippen molar-refractivity contribution in [1.29, 1.82) is 0 Å². The van der Waals surface area contributed by atoms with E-state index in [2.05, 4.69) is 33.0 Å². The Morgan fingerprint density at radius 1 is 0.952 bits per heavy atom. The van der Waals surface area contributed by atoms with Gasteiger partial charge in [0.05, 0.1) is 0 Å². The largest absolute Gasteiger partial charge is 0.483 e. The normalized spacial score (nSPS) is 7.71. The third-order valence-electron chi connectivity index (χ3n) is 1.46. The van der Waals surface area contributed by atoms with Gasteiger partial charge < -0.3 is 20.6 Å². The van der Waals surface area contributed by atoms with Crippen molar-refractivity contribution in [3.8, 4) is 0 Å². The van der Waals surface area contributed by atoms with E-state index in [9.17, 15) is 0 Å². The van der Waals surface area contributed by atoms with Crippen LogP contribution in [0.1, 0.15) is 74.1 Å². The predicted octanol–water partition coefficient (Wildman–Crippen LogP) is 3.29. The summed E-state index contributed by atoms with van der Waals surface area (Å²) < 4.78 is 0. The SMILES string of the molecule is CC(C)O.CCCCCC.CCNCC.CCO.O=CO. The lowest BCUT2D eigenvalue weighted by Gasteiger charge is -1.86. The summed E-state index contributed by atoms with van der Waals surface area (Å²) in [7, 11) is 0. The van der Waals surface area contributed by atoms with Gasteiger partial charge in [0.2, 0.25) is 0 Å². The maximum atomic E-state index is 8.36. The van der Waals surface area contributed by atoms with Crippen molar-refractivity contribution in [2.45, 2.75) is 80.3 Å². The molecular weight excluding hydrogens is 270 g/mol. The summed E-state index contributed by atoms with van der Waals surface area (Å²) >= 11 is 0. The number of aliphatic hydroxyl groups is 2. The average Bonchev–Trinajstić information content (AvgIpc) is 2.39. The summed E-state index contributed by atoms with van der Waals surface area (Å²) in [4.78, 5) is 8.36. The fourth-order valence-corrected chi connectivity index (χ4v) is 0.750. The lowest BCUT2D eigenvalue weighted by Crippen LogP contribution is -2.09. The molecule has 4 N–H and O–H groups in total. The number of aliphatic hydroxyl groups excluding tert-OH is 2. The molecule has 0 amide bonds. The molecule has 0 aliphatic carbocycles. The van der Waals surface area contributed by atoms with Gasteiger partial charge in [-0.3, -0.25) is 4.79 Å². The predicted molar refractivity (Wildman–Crippen MR) is 92.8 cm³/mol. The molecular formula is C16H41NO4. The molecule has 0 aliphatic rings. The van der Waals surface area contributed by atoms with Crippen molar-refractivity contribution in [2.75, 3.05) is 19.7 Å². The van der Waals surface area contributed by atoms with E-state index in [1.54, 1.807) is 20.8 Å². The van der Waals surface area contributed by atoms with Crippen LogP contribution >= 0.6 is 0 Å². The Labute approximate surface area is 132 Å². The Morgan fingerprint density at radius 2 is 1.14 bits per heavy atom. The van der Waals surface area contributed by atoms with Crippen LogP contribution in [0.4, 0.5) is 0 Å². The first kappa shape index (κ1) is 32.3. The van der Waals surface area contributed by atoms with Gasteiger partial charge in [-0.15, -0.1) is 0 Å². The van der Waals surface area contributed by atoms with E-state index in [4.69, 9.17) is 20.1 Å². The topological polar surface area (TPSA) is 89.8 Å². The van der Waals surface area contributed by atoms with E-state index in [-0.39, 0.29) is 19.2 Å². The number of nitrogens with one attached hydrogen (secondary N) is 1. The lowest BCUT2D eigenvalue weighted by atomic mass is 10.2. The van der Waals surface area contributed by atoms with E-state index in [1.807, 2.05) is 0 Å². The highest BCUT2D eigenvalue weighted by Gasteiger charge is 1.75. The molecule has 0 fully saturated rings. The molecule has 0 aromatic carbocycles. The van der Waals surface area contributed by atoms with Gasteiger partial charge in [-0.05, 0) is 33.9 Å². The van der Waals surface area contributed by atoms with Crippen LogP contribution in [0.25, 0.3) is 0 Å². The highest BCUT2D eigenvalue weighted by Crippen LogP contribution is 1.95. The maximum absolute atomic E-state index is 8.36. The fourth-order valence-electron chi connectivity index (χ4n) is 0.750. The molecule has 0 aromatic rings. The van der Waals surface area contributed by atoms with Crippen molar-refractivity contribution in [3.05, 3.63) is 0 Å². The minimum atomic E-state index is -0.250. The number of carbonyl (C=O) groups is 1. The highest BCUT2D eigenvalue weighted by atomic mass is 16.3. The van der Waals surface area contributed by atoms with E-state index < -0.39 is 0 Å². The molecule has 0 rings (SSSR count). The van der Waals surface area contributed by atoms with Gasteiger partial charge in [-0.2, -0.15) is 0 Å². The third kappa shape index (κ3) is 308. The summed E-state index contributed by atoms with van der Waals surface area (Å²) in [6, 6.07) is 0. The third-order valence-corrected chi connectivity index (χ3v) is 1.46. The second kappa shape index (κ2) is 50.6. The molecule has 5 heteroatoms. The van der Waals surface area contributed by atoms with Crippen LogP contribution in [0.3, 0.4) is 0 Å². The summed E-state index contributed by atoms with van der Waals surface area (Å²) in [5.74, 6) is 0. The van der Waals surface area contributed by atoms with Crippen LogP contribution in [0.5, 0.6) is 0 Å². The second-order valence-corrected chi connectivity index (χ2v) is 4.18. The van der Waals surface area contributed by atoms with Crippen molar-refractivity contribution < 1.29 is 20.1 Å². The number of unbranched alkanes of at least 4 members (excludes halogenated alkanes) is 3. The average molecular weight is 312 g/mol. The molecule has 0 heterocycles. The first-order valence-corrected chi connectivity index (χ1v) is 7.97. The van der Waals surface area contributed by atoms with Crippen molar-refractivity contribution in [1.82, 2.24) is 5.32 Å². The summed E-state index contributed by atoms with van der Waals surface area (Å²) in [5, 5.41) is 25.6. The van der Waals surface area contributed by atoms with Crippen LogP contribution < -0.4 is 5.32 Å². The Balaban J connectivity index is -0.0000000524. The molecule has 0 bridgehead atoms. The van der Waals surface area contributed by atoms with E-state index >= 15 is 0 Å². The van der Waals surface area contributed by atoms with E-state index in [0.717, 1.165) is 13.1 Å². The Bertz CT molecular complexity index is 114. The first-order chi connectivity index (χ1) is 9.89. The molecule has 21 heavy (non-hydrogen) atoms. The standard InChI is InChI=1S/C6H14.C4H11N.C3H8O.C2H6O.CH2O2/c1-3-5-6-4-2;1-3-5-4-2;1-3(2)4;1-2-3;2-1-3/h3-6H2,1-2H3;5H,3-4H2,1-2H3;3-4H,1-2H3;3H,2H2,1H3;1H,(H,2,3). The van der Waals surface area contributed by atoms with Crippen molar-refractivity contribution >= 4 is 6.47 Å². The molecule has 0 unspecified atom stereocenters. The van der Waals surface area contributed by atoms with Gasteiger partial charge in [0.15, 0.2) is 0 Å². The van der Waals surface area contributed by atoms with Gasteiger partial charge in [-0.25, -0.2) is 0 Å². The van der Waals surface area contributed by atoms with Crippen LogP contribution in [-0.4, -0.2) is 47.6 Å². The summed E-state index contributed by atoms with van der Waals surface area (Å²) in [5.41, 5.74) is 0. The number of rotatable bonds is 5. The first-order valence-electron chi connectivity index (χ1n) is 7.97. The van der Waals surface area contributed by atoms with Gasteiger partial charge in [0.1, 0.15) is 0 Å². The molecule has 0 aromatic heterocycles. The van der Waals surface area contributed by atoms with Crippen LogP contribution in [0.15, 0.2) is 0 Å². The molecule has 0 radical (unpaired) electrons. The minimum absolute atomic E-state index is 0.167. The quantitative estimate of drug-likeness (QED) is 0.462. The molecule has 134 valence electrons. The zero-order valence-corrected chi connectivity index (χ0v) is 15.4. The van der Waals surface area contributed by atoms with Crippen LogP contribution in [0, 0.1) is 0 Å². The number of carboxylic acid groups (broad SMARTS) is 1. The van der Waals surface area contributed by atoms with E-state index in [1.165, 1.54) is 25.7 Å². The molecule has 0 aliphatic heterocycles. The van der Waals surface area contributed by atoms with Crippen molar-refractivity contribution in [3.63, 3.8) is 0 Å². The molecule has 5 nitrogen and oxygen atoms in total. The monoisotopic (exact) mass is 311 g/mol. The molecule has 0 atom stereocenters. The summed E-state index contributed by atoms with van der Waals surface area (Å²) in [6.45, 7) is 16.0. The number of hydrogen-bond donors (Lipinski definition) is 4.